The van der Waals surface area contributed by atoms with Gasteiger partial charge in [0.05, 0.1) is 0 Å². The minimum Gasteiger partial charge on any atom is -0.148 e. The fourth-order valence-electron chi connectivity index (χ4n) is 1.29. The van der Waals surface area contributed by atoms with Crippen molar-refractivity contribution in [3.63, 3.8) is 0 Å². The van der Waals surface area contributed by atoms with Gasteiger partial charge in [-0.25, -0.2) is 0 Å². The fraction of sp³-hybridized carbons (Fsp3) is 0.600. The Labute approximate surface area is 97.4 Å². The summed E-state index contributed by atoms with van der Waals surface area (Å²) in [7, 11) is 0. The predicted octanol–water partition coefficient (Wildman–Crippen LogP) is 4.71. The van der Waals surface area contributed by atoms with Crippen LogP contribution in [-0.2, 0) is 6.42 Å². The van der Waals surface area contributed by atoms with Crippen LogP contribution >= 0.6 is 38.9 Å². The van der Waals surface area contributed by atoms with Crippen molar-refractivity contribution in [1.29, 1.82) is 0 Å². The monoisotopic (exact) mass is 280 g/mol. The molecule has 0 saturated heterocycles. The summed E-state index contributed by atoms with van der Waals surface area (Å²) >= 11 is 11.5. The van der Waals surface area contributed by atoms with Gasteiger partial charge >= 0.3 is 0 Å². The van der Waals surface area contributed by atoms with E-state index in [4.69, 9.17) is 11.6 Å². The first-order chi connectivity index (χ1) is 6.15. The van der Waals surface area contributed by atoms with Crippen LogP contribution < -0.4 is 0 Å². The molecule has 0 spiro atoms. The van der Waals surface area contributed by atoms with Gasteiger partial charge in [0.25, 0.3) is 0 Å². The normalized spacial score (nSPS) is 15.7. The van der Waals surface area contributed by atoms with Crippen molar-refractivity contribution in [3.8, 4) is 0 Å². The third-order valence-electron chi connectivity index (χ3n) is 2.21. The van der Waals surface area contributed by atoms with Gasteiger partial charge in [0.1, 0.15) is 0 Å². The van der Waals surface area contributed by atoms with Crippen LogP contribution in [0.25, 0.3) is 0 Å². The zero-order valence-corrected chi connectivity index (χ0v) is 11.0. The Morgan fingerprint density at radius 3 is 2.77 bits per heavy atom. The van der Waals surface area contributed by atoms with Crippen molar-refractivity contribution in [3.05, 3.63) is 20.8 Å². The molecule has 0 aliphatic rings. The van der Waals surface area contributed by atoms with E-state index in [-0.39, 0.29) is 0 Å². The lowest BCUT2D eigenvalue weighted by Crippen LogP contribution is -2.12. The maximum absolute atomic E-state index is 6.17. The summed E-state index contributed by atoms with van der Waals surface area (Å²) in [5, 5.41) is 2.41. The van der Waals surface area contributed by atoms with Gasteiger partial charge in [-0.15, -0.1) is 22.9 Å². The summed E-state index contributed by atoms with van der Waals surface area (Å²) < 4.78 is 1.23. The highest BCUT2D eigenvalue weighted by atomic mass is 79.9. The summed E-state index contributed by atoms with van der Waals surface area (Å²) in [6, 6.07) is 2.10. The SMILES string of the molecule is CCC(Cl)C(C)Cc1sccc1Br. The molecule has 1 aromatic heterocycles. The van der Waals surface area contributed by atoms with Crippen molar-refractivity contribution in [1.82, 2.24) is 0 Å². The summed E-state index contributed by atoms with van der Waals surface area (Å²) in [5.41, 5.74) is 0. The van der Waals surface area contributed by atoms with Crippen LogP contribution in [0.5, 0.6) is 0 Å². The third kappa shape index (κ3) is 3.26. The molecule has 0 saturated carbocycles. The molecule has 0 aliphatic carbocycles. The van der Waals surface area contributed by atoms with Crippen molar-refractivity contribution >= 4 is 38.9 Å². The lowest BCUT2D eigenvalue weighted by atomic mass is 10.0. The van der Waals surface area contributed by atoms with E-state index >= 15 is 0 Å². The molecule has 2 atom stereocenters. The quantitative estimate of drug-likeness (QED) is 0.701. The molecule has 3 heteroatoms. The Hall–Kier alpha value is 0.470. The van der Waals surface area contributed by atoms with E-state index < -0.39 is 0 Å². The Balaban J connectivity index is 2.54. The van der Waals surface area contributed by atoms with Crippen molar-refractivity contribution < 1.29 is 0 Å². The van der Waals surface area contributed by atoms with Gasteiger partial charge in [0.15, 0.2) is 0 Å². The van der Waals surface area contributed by atoms with Crippen molar-refractivity contribution in [2.75, 3.05) is 0 Å². The molecular formula is C10H14BrClS. The second kappa shape index (κ2) is 5.38. The Morgan fingerprint density at radius 2 is 2.31 bits per heavy atom. The minimum atomic E-state index is 0.300. The van der Waals surface area contributed by atoms with Crippen LogP contribution in [0, 0.1) is 5.92 Å². The number of alkyl halides is 1. The third-order valence-corrected chi connectivity index (χ3v) is 4.89. The van der Waals surface area contributed by atoms with Gasteiger partial charge in [0, 0.05) is 14.7 Å². The van der Waals surface area contributed by atoms with Gasteiger partial charge < -0.3 is 0 Å². The van der Waals surface area contributed by atoms with E-state index in [0.29, 0.717) is 11.3 Å². The fourth-order valence-corrected chi connectivity index (χ4v) is 3.04. The molecule has 1 rings (SSSR count). The highest BCUT2D eigenvalue weighted by Gasteiger charge is 2.14. The van der Waals surface area contributed by atoms with E-state index in [1.54, 1.807) is 11.3 Å². The predicted molar refractivity (Wildman–Crippen MR) is 64.8 cm³/mol. The molecule has 0 aliphatic heterocycles. The molecule has 0 bridgehead atoms. The molecule has 0 nitrogen and oxygen atoms in total. The second-order valence-electron chi connectivity index (χ2n) is 3.30. The van der Waals surface area contributed by atoms with Crippen molar-refractivity contribution in [2.45, 2.75) is 32.1 Å². The summed E-state index contributed by atoms with van der Waals surface area (Å²) in [5.74, 6) is 0.557. The van der Waals surface area contributed by atoms with E-state index in [2.05, 4.69) is 41.2 Å². The Kier molecular flexibility index (Phi) is 4.77. The van der Waals surface area contributed by atoms with Crippen LogP contribution in [0.4, 0.5) is 0 Å². The zero-order valence-electron chi connectivity index (χ0n) is 7.89. The maximum atomic E-state index is 6.17. The Bertz CT molecular complexity index is 259. The van der Waals surface area contributed by atoms with Gasteiger partial charge in [-0.3, -0.25) is 0 Å². The molecule has 2 unspecified atom stereocenters. The molecule has 0 fully saturated rings. The highest BCUT2D eigenvalue weighted by Crippen LogP contribution is 2.28. The summed E-state index contributed by atoms with van der Waals surface area (Å²) in [6.45, 7) is 4.35. The highest BCUT2D eigenvalue weighted by molar-refractivity contribution is 9.10. The van der Waals surface area contributed by atoms with E-state index in [1.165, 1.54) is 9.35 Å². The van der Waals surface area contributed by atoms with Gasteiger partial charge in [0.2, 0.25) is 0 Å². The van der Waals surface area contributed by atoms with E-state index in [1.807, 2.05) is 0 Å². The van der Waals surface area contributed by atoms with Crippen LogP contribution in [0.3, 0.4) is 0 Å². The zero-order chi connectivity index (χ0) is 9.84. The average Bonchev–Trinajstić information content (AvgIpc) is 2.50. The standard InChI is InChI=1S/C10H14BrClS/c1-3-9(12)7(2)6-10-8(11)4-5-13-10/h4-5,7,9H,3,6H2,1-2H3. The molecule has 0 amide bonds. The van der Waals surface area contributed by atoms with Crippen LogP contribution in [0.1, 0.15) is 25.1 Å². The molecule has 1 aromatic rings. The topological polar surface area (TPSA) is 0 Å². The molecule has 13 heavy (non-hydrogen) atoms. The van der Waals surface area contributed by atoms with E-state index in [9.17, 15) is 0 Å². The molecule has 0 aromatic carbocycles. The van der Waals surface area contributed by atoms with Crippen molar-refractivity contribution in [2.24, 2.45) is 5.92 Å². The first-order valence-electron chi connectivity index (χ1n) is 4.51. The first kappa shape index (κ1) is 11.5. The molecule has 0 N–H and O–H groups in total. The van der Waals surface area contributed by atoms with Crippen LogP contribution in [0.2, 0.25) is 0 Å². The van der Waals surface area contributed by atoms with Gasteiger partial charge in [-0.1, -0.05) is 13.8 Å². The second-order valence-corrected chi connectivity index (χ2v) is 5.71. The van der Waals surface area contributed by atoms with Crippen LogP contribution in [0.15, 0.2) is 15.9 Å². The molecule has 74 valence electrons. The molecule has 0 radical (unpaired) electrons. The maximum Gasteiger partial charge on any atom is 0.0362 e. The first-order valence-corrected chi connectivity index (χ1v) is 6.62. The number of rotatable bonds is 4. The Morgan fingerprint density at radius 1 is 1.62 bits per heavy atom. The number of thiophene rings is 1. The summed E-state index contributed by atoms with van der Waals surface area (Å²) in [4.78, 5) is 1.41. The van der Waals surface area contributed by atoms with Gasteiger partial charge in [-0.2, -0.15) is 0 Å². The number of halogens is 2. The number of hydrogen-bond acceptors (Lipinski definition) is 1. The largest absolute Gasteiger partial charge is 0.148 e. The average molecular weight is 282 g/mol. The smallest absolute Gasteiger partial charge is 0.0362 e. The lowest BCUT2D eigenvalue weighted by Gasteiger charge is -2.15. The van der Waals surface area contributed by atoms with Gasteiger partial charge in [-0.05, 0) is 46.1 Å². The molecular weight excluding hydrogens is 268 g/mol. The summed E-state index contributed by atoms with van der Waals surface area (Å²) in [6.07, 6.45) is 2.13. The lowest BCUT2D eigenvalue weighted by molar-refractivity contribution is 0.534. The van der Waals surface area contributed by atoms with Crippen LogP contribution in [-0.4, -0.2) is 5.38 Å². The molecule has 1 heterocycles. The number of hydrogen-bond donors (Lipinski definition) is 0. The van der Waals surface area contributed by atoms with E-state index in [0.717, 1.165) is 12.8 Å². The minimum absolute atomic E-state index is 0.300.